The highest BCUT2D eigenvalue weighted by Crippen LogP contribution is 2.31. The molecule has 1 aromatic rings. The highest BCUT2D eigenvalue weighted by Gasteiger charge is 2.32. The Hall–Kier alpha value is -1.49. The number of aliphatic hydroxyl groups is 1. The van der Waals surface area contributed by atoms with E-state index in [1.54, 1.807) is 0 Å². The van der Waals surface area contributed by atoms with E-state index < -0.39 is 18.5 Å². The zero-order chi connectivity index (χ0) is 12.5. The smallest absolute Gasteiger partial charge is 0.335 e. The first-order chi connectivity index (χ1) is 7.29. The average molecular weight is 230 g/mol. The van der Waals surface area contributed by atoms with E-state index >= 15 is 0 Å². The number of carbonyl (C=O) groups is 1. The fourth-order valence-corrected chi connectivity index (χ4v) is 1.53. The minimum Gasteiger partial charge on any atom is -0.478 e. The summed E-state index contributed by atoms with van der Waals surface area (Å²) in [6, 6.07) is 2.30. The molecule has 0 saturated heterocycles. The maximum atomic E-state index is 13.3. The van der Waals surface area contributed by atoms with E-state index in [1.165, 1.54) is 19.9 Å². The molecule has 16 heavy (non-hydrogen) atoms. The largest absolute Gasteiger partial charge is 0.478 e. The van der Waals surface area contributed by atoms with Crippen LogP contribution in [0.3, 0.4) is 0 Å². The van der Waals surface area contributed by atoms with Gasteiger partial charge in [0.15, 0.2) is 0 Å². The highest BCUT2D eigenvalue weighted by molar-refractivity contribution is 5.89. The molecule has 0 aliphatic carbocycles. The van der Waals surface area contributed by atoms with E-state index in [-0.39, 0.29) is 22.3 Å². The van der Waals surface area contributed by atoms with Crippen LogP contribution in [-0.2, 0) is 5.92 Å². The lowest BCUT2D eigenvalue weighted by atomic mass is 9.96. The van der Waals surface area contributed by atoms with Crippen LogP contribution >= 0.6 is 0 Å². The number of alkyl halides is 2. The monoisotopic (exact) mass is 230 g/mol. The standard InChI is InChI=1S/C11H12F2O3/c1-6-4-9(11(12,13)5-14)7(2)3-8(6)10(15)16/h3-4,14H,5H2,1-2H3,(H,15,16). The third-order valence-electron chi connectivity index (χ3n) is 2.39. The van der Waals surface area contributed by atoms with E-state index in [9.17, 15) is 13.6 Å². The van der Waals surface area contributed by atoms with Crippen molar-refractivity contribution in [1.82, 2.24) is 0 Å². The zero-order valence-electron chi connectivity index (χ0n) is 8.92. The lowest BCUT2D eigenvalue weighted by Gasteiger charge is -2.17. The Morgan fingerprint density at radius 2 is 1.88 bits per heavy atom. The molecule has 0 bridgehead atoms. The van der Waals surface area contributed by atoms with Crippen molar-refractivity contribution in [2.45, 2.75) is 19.8 Å². The molecule has 0 aromatic heterocycles. The number of hydrogen-bond donors (Lipinski definition) is 2. The summed E-state index contributed by atoms with van der Waals surface area (Å²) in [4.78, 5) is 10.8. The highest BCUT2D eigenvalue weighted by atomic mass is 19.3. The van der Waals surface area contributed by atoms with Gasteiger partial charge in [-0.15, -0.1) is 0 Å². The first kappa shape index (κ1) is 12.6. The van der Waals surface area contributed by atoms with Crippen LogP contribution in [0.15, 0.2) is 12.1 Å². The van der Waals surface area contributed by atoms with Crippen LogP contribution in [0.1, 0.15) is 27.0 Å². The molecule has 5 heteroatoms. The van der Waals surface area contributed by atoms with Crippen LogP contribution < -0.4 is 0 Å². The van der Waals surface area contributed by atoms with Gasteiger partial charge in [0.05, 0.1) is 5.56 Å². The summed E-state index contributed by atoms with van der Waals surface area (Å²) in [6.07, 6.45) is 0. The van der Waals surface area contributed by atoms with Gasteiger partial charge in [-0.1, -0.05) is 0 Å². The van der Waals surface area contributed by atoms with Crippen LogP contribution in [-0.4, -0.2) is 22.8 Å². The lowest BCUT2D eigenvalue weighted by molar-refractivity contribution is -0.0561. The van der Waals surface area contributed by atoms with Gasteiger partial charge >= 0.3 is 5.97 Å². The molecule has 0 aliphatic rings. The van der Waals surface area contributed by atoms with Crippen LogP contribution in [0.2, 0.25) is 0 Å². The molecule has 0 amide bonds. The topological polar surface area (TPSA) is 57.5 Å². The molecule has 0 radical (unpaired) electrons. The normalized spacial score (nSPS) is 11.6. The predicted molar refractivity (Wildman–Crippen MR) is 53.9 cm³/mol. The van der Waals surface area contributed by atoms with Crippen LogP contribution in [0, 0.1) is 13.8 Å². The molecule has 1 rings (SSSR count). The van der Waals surface area contributed by atoms with E-state index in [2.05, 4.69) is 0 Å². The zero-order valence-corrected chi connectivity index (χ0v) is 8.92. The molecule has 0 heterocycles. The van der Waals surface area contributed by atoms with E-state index in [0.717, 1.165) is 6.07 Å². The summed E-state index contributed by atoms with van der Waals surface area (Å²) < 4.78 is 26.5. The second-order valence-electron chi connectivity index (χ2n) is 3.65. The second-order valence-corrected chi connectivity index (χ2v) is 3.65. The van der Waals surface area contributed by atoms with Gasteiger partial charge in [-0.2, -0.15) is 8.78 Å². The Morgan fingerprint density at radius 3 is 2.31 bits per heavy atom. The molecule has 1 aromatic carbocycles. The Balaban J connectivity index is 3.37. The molecule has 2 N–H and O–H groups in total. The van der Waals surface area contributed by atoms with Crippen molar-refractivity contribution in [1.29, 1.82) is 0 Å². The number of aromatic carboxylic acids is 1. The number of aryl methyl sites for hydroxylation is 2. The van der Waals surface area contributed by atoms with E-state index in [0.29, 0.717) is 0 Å². The molecule has 0 fully saturated rings. The summed E-state index contributed by atoms with van der Waals surface area (Å²) in [5.74, 6) is -4.49. The summed E-state index contributed by atoms with van der Waals surface area (Å²) >= 11 is 0. The Labute approximate surface area is 91.3 Å². The summed E-state index contributed by atoms with van der Waals surface area (Å²) in [5, 5.41) is 17.4. The SMILES string of the molecule is Cc1cc(C(F)(F)CO)c(C)cc1C(=O)O. The first-order valence-electron chi connectivity index (χ1n) is 4.63. The maximum absolute atomic E-state index is 13.3. The summed E-state index contributed by atoms with van der Waals surface area (Å²) in [7, 11) is 0. The van der Waals surface area contributed by atoms with Gasteiger partial charge in [-0.05, 0) is 37.1 Å². The number of carboxylic acid groups (broad SMARTS) is 1. The lowest BCUT2D eigenvalue weighted by Crippen LogP contribution is -2.20. The van der Waals surface area contributed by atoms with Crippen LogP contribution in [0.25, 0.3) is 0 Å². The van der Waals surface area contributed by atoms with Gasteiger partial charge in [-0.25, -0.2) is 4.79 Å². The molecule has 88 valence electrons. The van der Waals surface area contributed by atoms with Gasteiger partial charge in [0.1, 0.15) is 6.61 Å². The van der Waals surface area contributed by atoms with Crippen molar-refractivity contribution in [2.24, 2.45) is 0 Å². The number of carboxylic acids is 1. The maximum Gasteiger partial charge on any atom is 0.335 e. The second kappa shape index (κ2) is 4.17. The molecule has 0 spiro atoms. The Bertz CT molecular complexity index is 427. The molecule has 0 aliphatic heterocycles. The molecule has 0 saturated carbocycles. The quantitative estimate of drug-likeness (QED) is 0.835. The molecular weight excluding hydrogens is 218 g/mol. The fourth-order valence-electron chi connectivity index (χ4n) is 1.53. The van der Waals surface area contributed by atoms with Crippen LogP contribution in [0.5, 0.6) is 0 Å². The van der Waals surface area contributed by atoms with Gasteiger partial charge < -0.3 is 10.2 Å². The average Bonchev–Trinajstić information content (AvgIpc) is 2.20. The van der Waals surface area contributed by atoms with Crippen molar-refractivity contribution in [3.63, 3.8) is 0 Å². The number of halogens is 2. The van der Waals surface area contributed by atoms with Gasteiger partial charge in [0, 0.05) is 5.56 Å². The summed E-state index contributed by atoms with van der Waals surface area (Å²) in [5.41, 5.74) is 0.0655. The summed E-state index contributed by atoms with van der Waals surface area (Å²) in [6.45, 7) is 1.55. The Kier molecular flexibility index (Phi) is 3.28. The number of benzene rings is 1. The third-order valence-corrected chi connectivity index (χ3v) is 2.39. The fraction of sp³-hybridized carbons (Fsp3) is 0.364. The number of rotatable bonds is 3. The number of aliphatic hydroxyl groups excluding tert-OH is 1. The number of hydrogen-bond acceptors (Lipinski definition) is 2. The predicted octanol–water partition coefficient (Wildman–Crippen LogP) is 2.09. The molecule has 3 nitrogen and oxygen atoms in total. The van der Waals surface area contributed by atoms with Crippen molar-refractivity contribution < 1.29 is 23.8 Å². The van der Waals surface area contributed by atoms with Gasteiger partial charge in [-0.3, -0.25) is 0 Å². The first-order valence-corrected chi connectivity index (χ1v) is 4.63. The van der Waals surface area contributed by atoms with Crippen molar-refractivity contribution in [3.8, 4) is 0 Å². The third kappa shape index (κ3) is 2.19. The molecule has 0 atom stereocenters. The van der Waals surface area contributed by atoms with Crippen molar-refractivity contribution >= 4 is 5.97 Å². The molecule has 0 unspecified atom stereocenters. The van der Waals surface area contributed by atoms with E-state index in [4.69, 9.17) is 10.2 Å². The minimum absolute atomic E-state index is 0.00464. The van der Waals surface area contributed by atoms with Crippen LogP contribution in [0.4, 0.5) is 8.78 Å². The van der Waals surface area contributed by atoms with Gasteiger partial charge in [0.25, 0.3) is 5.92 Å². The van der Waals surface area contributed by atoms with Gasteiger partial charge in [0.2, 0.25) is 0 Å². The Morgan fingerprint density at radius 1 is 1.31 bits per heavy atom. The van der Waals surface area contributed by atoms with Crippen molar-refractivity contribution in [2.75, 3.05) is 6.61 Å². The van der Waals surface area contributed by atoms with E-state index in [1.807, 2.05) is 0 Å². The molecular formula is C11H12F2O3. The van der Waals surface area contributed by atoms with Crippen molar-refractivity contribution in [3.05, 3.63) is 34.4 Å². The minimum atomic E-state index is -3.34.